The number of aryl methyl sites for hydroxylation is 2. The van der Waals surface area contributed by atoms with Crippen LogP contribution in [0, 0.1) is 13.8 Å². The Morgan fingerprint density at radius 3 is 2.02 bits per heavy atom. The first-order valence-corrected chi connectivity index (χ1v) is 15.6. The summed E-state index contributed by atoms with van der Waals surface area (Å²) in [5.41, 5.74) is 5.46. The number of para-hydroxylation sites is 1. The number of aromatic nitrogens is 1. The number of nitrogens with zero attached hydrogens (tertiary/aromatic N) is 1. The van der Waals surface area contributed by atoms with Gasteiger partial charge in [0.2, 0.25) is 5.91 Å². The second kappa shape index (κ2) is 18.3. The van der Waals surface area contributed by atoms with Gasteiger partial charge in [0.05, 0.1) is 18.7 Å². The van der Waals surface area contributed by atoms with E-state index in [4.69, 9.17) is 4.74 Å². The molecule has 0 radical (unpaired) electrons. The number of carbonyl (C=O) groups is 1. The van der Waals surface area contributed by atoms with Crippen LogP contribution in [-0.4, -0.2) is 12.5 Å². The fourth-order valence-corrected chi connectivity index (χ4v) is 5.02. The predicted octanol–water partition coefficient (Wildman–Crippen LogP) is 8.90. The lowest BCUT2D eigenvalue weighted by Gasteiger charge is -2.10. The summed E-state index contributed by atoms with van der Waals surface area (Å²) >= 11 is 0. The van der Waals surface area contributed by atoms with Crippen LogP contribution in [0.25, 0.3) is 0 Å². The van der Waals surface area contributed by atoms with Crippen LogP contribution < -0.4 is 14.6 Å². The third-order valence-electron chi connectivity index (χ3n) is 7.70. The lowest BCUT2D eigenvalue weighted by molar-refractivity contribution is -0.688. The van der Waals surface area contributed by atoms with Gasteiger partial charge in [0.15, 0.2) is 18.9 Å². The first-order valence-electron chi connectivity index (χ1n) is 15.6. The third kappa shape index (κ3) is 11.9. The molecule has 1 heterocycles. The topological polar surface area (TPSA) is 42.2 Å². The Kier molecular flexibility index (Phi) is 14.3. The van der Waals surface area contributed by atoms with E-state index in [1.54, 1.807) is 0 Å². The molecular weight excluding hydrogens is 492 g/mol. The molecule has 0 aliphatic heterocycles. The molecule has 2 aromatic carbocycles. The summed E-state index contributed by atoms with van der Waals surface area (Å²) in [5, 5.41) is 3.12. The highest BCUT2D eigenvalue weighted by Gasteiger charge is 2.12. The van der Waals surface area contributed by atoms with E-state index in [1.165, 1.54) is 81.8 Å². The second-order valence-corrected chi connectivity index (χ2v) is 11.2. The van der Waals surface area contributed by atoms with Crippen molar-refractivity contribution in [1.29, 1.82) is 0 Å². The zero-order valence-electron chi connectivity index (χ0n) is 25.2. The molecule has 0 saturated heterocycles. The highest BCUT2D eigenvalue weighted by atomic mass is 16.5. The van der Waals surface area contributed by atoms with Crippen molar-refractivity contribution in [2.45, 2.75) is 111 Å². The molecule has 0 bridgehead atoms. The molecule has 4 heteroatoms. The van der Waals surface area contributed by atoms with Gasteiger partial charge in [-0.05, 0) is 49.6 Å². The van der Waals surface area contributed by atoms with Crippen LogP contribution in [-0.2, 0) is 17.8 Å². The summed E-state index contributed by atoms with van der Waals surface area (Å²) in [5.74, 6) is 0.866. The molecule has 1 amide bonds. The first kappa shape index (κ1) is 31.4. The van der Waals surface area contributed by atoms with Gasteiger partial charge in [-0.2, -0.15) is 0 Å². The fraction of sp³-hybridized carbons (Fsp3) is 0.500. The van der Waals surface area contributed by atoms with Gasteiger partial charge >= 0.3 is 0 Å². The minimum atomic E-state index is -0.0114. The molecule has 0 spiro atoms. The molecule has 1 aromatic heterocycles. The van der Waals surface area contributed by atoms with Crippen LogP contribution in [0.3, 0.4) is 0 Å². The van der Waals surface area contributed by atoms with Gasteiger partial charge in [0.1, 0.15) is 5.75 Å². The average molecular weight is 544 g/mol. The van der Waals surface area contributed by atoms with Crippen molar-refractivity contribution in [3.63, 3.8) is 0 Å². The molecule has 0 atom stereocenters. The van der Waals surface area contributed by atoms with Gasteiger partial charge in [0.25, 0.3) is 0 Å². The van der Waals surface area contributed by atoms with Gasteiger partial charge in [-0.1, -0.05) is 108 Å². The number of unbranched alkanes of at least 4 members (excludes halogenated alkanes) is 11. The lowest BCUT2D eigenvalue weighted by atomic mass is 10.1. The monoisotopic (exact) mass is 543 g/mol. The van der Waals surface area contributed by atoms with E-state index in [2.05, 4.69) is 55.2 Å². The maximum absolute atomic E-state index is 12.8. The molecule has 4 nitrogen and oxygen atoms in total. The van der Waals surface area contributed by atoms with Crippen molar-refractivity contribution in [1.82, 2.24) is 0 Å². The van der Waals surface area contributed by atoms with Gasteiger partial charge in [0, 0.05) is 17.2 Å². The molecule has 0 fully saturated rings. The highest BCUT2D eigenvalue weighted by Crippen LogP contribution is 2.18. The van der Waals surface area contributed by atoms with E-state index in [0.717, 1.165) is 35.6 Å². The first-order chi connectivity index (χ1) is 19.5. The minimum absolute atomic E-state index is 0.0114. The van der Waals surface area contributed by atoms with Crippen LogP contribution in [0.15, 0.2) is 67.0 Å². The van der Waals surface area contributed by atoms with E-state index >= 15 is 0 Å². The number of nitrogens with one attached hydrogen (secondary N) is 1. The number of benzene rings is 2. The Labute approximate surface area is 243 Å². The molecule has 216 valence electrons. The maximum Gasteiger partial charge on any atom is 0.228 e. The third-order valence-corrected chi connectivity index (χ3v) is 7.70. The fourth-order valence-electron chi connectivity index (χ4n) is 5.02. The number of carbonyl (C=O) groups excluding carboxylic acids is 1. The quantitative estimate of drug-likeness (QED) is 0.121. The van der Waals surface area contributed by atoms with Gasteiger partial charge in [-0.3, -0.25) is 4.79 Å². The molecule has 40 heavy (non-hydrogen) atoms. The smallest absolute Gasteiger partial charge is 0.228 e. The van der Waals surface area contributed by atoms with Crippen LogP contribution in [0.1, 0.15) is 106 Å². The second-order valence-electron chi connectivity index (χ2n) is 11.2. The zero-order valence-corrected chi connectivity index (χ0v) is 25.2. The van der Waals surface area contributed by atoms with Crippen LogP contribution in [0.4, 0.5) is 5.69 Å². The molecule has 3 rings (SSSR count). The Bertz CT molecular complexity index is 1140. The summed E-state index contributed by atoms with van der Waals surface area (Å²) in [6.45, 7) is 7.98. The Balaban J connectivity index is 1.31. The van der Waals surface area contributed by atoms with Crippen molar-refractivity contribution in [3.05, 3.63) is 89.2 Å². The standard InChI is InChI=1S/C36H50N2O2/c1-4-5-6-7-8-9-10-11-12-13-14-17-26-40-34-22-20-32(21-23-34)27-36(39)37-35-19-16-15-18-33(35)29-38-25-24-30(2)31(3)28-38/h15-16,18-25,28H,4-14,17,26-27,29H2,1-3H3/p+1. The van der Waals surface area contributed by atoms with Crippen LogP contribution in [0.5, 0.6) is 5.75 Å². The lowest BCUT2D eigenvalue weighted by Crippen LogP contribution is -2.34. The van der Waals surface area contributed by atoms with Crippen molar-refractivity contribution in [2.24, 2.45) is 0 Å². The van der Waals surface area contributed by atoms with Crippen LogP contribution in [0.2, 0.25) is 0 Å². The minimum Gasteiger partial charge on any atom is -0.494 e. The van der Waals surface area contributed by atoms with Crippen molar-refractivity contribution >= 4 is 11.6 Å². The molecule has 0 aliphatic carbocycles. The molecule has 1 N–H and O–H groups in total. The van der Waals surface area contributed by atoms with Gasteiger partial charge < -0.3 is 10.1 Å². The summed E-state index contributed by atoms with van der Waals surface area (Å²) in [6.07, 6.45) is 20.7. The van der Waals surface area contributed by atoms with Crippen molar-refractivity contribution < 1.29 is 14.1 Å². The number of amides is 1. The van der Waals surface area contributed by atoms with E-state index in [-0.39, 0.29) is 5.91 Å². The van der Waals surface area contributed by atoms with E-state index in [0.29, 0.717) is 13.0 Å². The normalized spacial score (nSPS) is 11.0. The molecule has 0 aliphatic rings. The molecule has 0 unspecified atom stereocenters. The maximum atomic E-state index is 12.8. The van der Waals surface area contributed by atoms with E-state index in [1.807, 2.05) is 42.5 Å². The van der Waals surface area contributed by atoms with Crippen molar-refractivity contribution in [3.8, 4) is 5.75 Å². The number of pyridine rings is 1. The number of rotatable bonds is 19. The number of ether oxygens (including phenoxy) is 1. The summed E-state index contributed by atoms with van der Waals surface area (Å²) in [7, 11) is 0. The van der Waals surface area contributed by atoms with E-state index < -0.39 is 0 Å². The highest BCUT2D eigenvalue weighted by molar-refractivity contribution is 5.93. The number of anilines is 1. The largest absolute Gasteiger partial charge is 0.494 e. The van der Waals surface area contributed by atoms with Crippen molar-refractivity contribution in [2.75, 3.05) is 11.9 Å². The number of hydrogen-bond donors (Lipinski definition) is 1. The summed E-state index contributed by atoms with van der Waals surface area (Å²) in [4.78, 5) is 12.8. The Morgan fingerprint density at radius 2 is 1.38 bits per heavy atom. The summed E-state index contributed by atoms with van der Waals surface area (Å²) < 4.78 is 8.09. The SMILES string of the molecule is CCCCCCCCCCCCCCOc1ccc(CC(=O)Nc2ccccc2C[n+]2ccc(C)c(C)c2)cc1. The molecular formula is C36H51N2O2+. The predicted molar refractivity (Wildman–Crippen MR) is 167 cm³/mol. The van der Waals surface area contributed by atoms with Gasteiger partial charge in [-0.15, -0.1) is 0 Å². The number of hydrogen-bond acceptors (Lipinski definition) is 2. The average Bonchev–Trinajstić information content (AvgIpc) is 2.95. The molecule has 3 aromatic rings. The Hall–Kier alpha value is -3.14. The van der Waals surface area contributed by atoms with E-state index in [9.17, 15) is 4.79 Å². The summed E-state index contributed by atoms with van der Waals surface area (Å²) in [6, 6.07) is 18.1. The zero-order chi connectivity index (χ0) is 28.4. The molecule has 0 saturated carbocycles. The van der Waals surface area contributed by atoms with Gasteiger partial charge in [-0.25, -0.2) is 4.57 Å². The van der Waals surface area contributed by atoms with Crippen LogP contribution >= 0.6 is 0 Å². The Morgan fingerprint density at radius 1 is 0.750 bits per heavy atom.